The Morgan fingerprint density at radius 1 is 1.33 bits per heavy atom. The lowest BCUT2D eigenvalue weighted by atomic mass is 9.85. The fourth-order valence-corrected chi connectivity index (χ4v) is 2.52. The second-order valence-electron chi connectivity index (χ2n) is 5.76. The third kappa shape index (κ3) is 6.26. The van der Waals surface area contributed by atoms with Gasteiger partial charge in [0.2, 0.25) is 0 Å². The fourth-order valence-electron chi connectivity index (χ4n) is 2.23. The van der Waals surface area contributed by atoms with Gasteiger partial charge in [0.15, 0.2) is 6.61 Å². The van der Waals surface area contributed by atoms with Crippen LogP contribution < -0.4 is 10.2 Å². The number of halogens is 4. The molecular weight excluding hydrogens is 343 g/mol. The molecule has 0 amide bonds. The normalized spacial score (nSPS) is 13.0. The molecule has 1 aromatic rings. The Bertz CT molecular complexity index is 553. The minimum atomic E-state index is -4.50. The van der Waals surface area contributed by atoms with Crippen molar-refractivity contribution in [2.45, 2.75) is 39.3 Å². The topological polar surface area (TPSA) is 35.5 Å². The van der Waals surface area contributed by atoms with Crippen molar-refractivity contribution in [2.75, 3.05) is 13.2 Å². The molecule has 0 saturated heterocycles. The lowest BCUT2D eigenvalue weighted by Crippen LogP contribution is -2.24. The molecule has 0 fully saturated rings. The lowest BCUT2D eigenvalue weighted by Gasteiger charge is -2.20. The van der Waals surface area contributed by atoms with Crippen molar-refractivity contribution in [1.82, 2.24) is 0 Å². The van der Waals surface area contributed by atoms with Crippen LogP contribution in [0.2, 0.25) is 5.02 Å². The van der Waals surface area contributed by atoms with Crippen LogP contribution in [0, 0.1) is 5.92 Å². The van der Waals surface area contributed by atoms with E-state index in [-0.39, 0.29) is 28.8 Å². The summed E-state index contributed by atoms with van der Waals surface area (Å²) < 4.78 is 46.5. The van der Waals surface area contributed by atoms with Crippen LogP contribution in [-0.2, 0) is 9.53 Å². The summed E-state index contributed by atoms with van der Waals surface area (Å²) in [6.45, 7) is 4.31. The third-order valence-corrected chi connectivity index (χ3v) is 3.44. The molecule has 0 spiro atoms. The highest BCUT2D eigenvalue weighted by Crippen LogP contribution is 2.31. The van der Waals surface area contributed by atoms with E-state index < -0.39 is 24.7 Å². The van der Waals surface area contributed by atoms with Gasteiger partial charge in [0.25, 0.3) is 0 Å². The van der Waals surface area contributed by atoms with Crippen LogP contribution in [0.1, 0.15) is 38.7 Å². The second kappa shape index (κ2) is 8.65. The van der Waals surface area contributed by atoms with Crippen molar-refractivity contribution in [3.8, 4) is 5.75 Å². The Hall–Kier alpha value is -1.37. The van der Waals surface area contributed by atoms with Crippen LogP contribution in [0.15, 0.2) is 12.1 Å². The molecule has 1 unspecified atom stereocenters. The molecule has 8 heteroatoms. The van der Waals surface area contributed by atoms with Crippen LogP contribution >= 0.6 is 11.6 Å². The van der Waals surface area contributed by atoms with Crippen LogP contribution in [0.3, 0.4) is 0 Å². The summed E-state index contributed by atoms with van der Waals surface area (Å²) in [4.78, 5) is 12.2. The number of ether oxygens (including phenoxy) is 2. The van der Waals surface area contributed by atoms with E-state index >= 15 is 0 Å². The average molecular weight is 363 g/mol. The van der Waals surface area contributed by atoms with Gasteiger partial charge in [0.05, 0.1) is 17.5 Å². The Kier molecular flexibility index (Phi) is 7.45. The summed E-state index contributed by atoms with van der Waals surface area (Å²) in [6.07, 6.45) is -4.00. The second-order valence-corrected chi connectivity index (χ2v) is 6.17. The van der Waals surface area contributed by atoms with Gasteiger partial charge in [-0.15, -0.1) is 0 Å². The van der Waals surface area contributed by atoms with Gasteiger partial charge in [-0.25, -0.2) is 0 Å². The van der Waals surface area contributed by atoms with Crippen LogP contribution in [-0.4, -0.2) is 33.2 Å². The highest BCUT2D eigenvalue weighted by atomic mass is 35.5. The Morgan fingerprint density at radius 2 is 1.96 bits per heavy atom. The zero-order chi connectivity index (χ0) is 18.5. The maximum atomic E-state index is 12.3. The van der Waals surface area contributed by atoms with E-state index in [9.17, 15) is 18.0 Å². The molecule has 0 aliphatic heterocycles. The molecule has 132 valence electrons. The van der Waals surface area contributed by atoms with E-state index in [1.807, 2.05) is 13.8 Å². The number of esters is 1. The lowest BCUT2D eigenvalue weighted by molar-refractivity contribution is -0.153. The minimum Gasteiger partial charge on any atom is -0.483 e. The summed E-state index contributed by atoms with van der Waals surface area (Å²) >= 11 is 6.00. The first-order chi connectivity index (χ1) is 11.0. The third-order valence-electron chi connectivity index (χ3n) is 3.16. The van der Waals surface area contributed by atoms with Gasteiger partial charge in [0.1, 0.15) is 13.6 Å². The van der Waals surface area contributed by atoms with Crippen LogP contribution in [0.4, 0.5) is 13.2 Å². The molecule has 2 radical (unpaired) electrons. The minimum absolute atomic E-state index is 0.0557. The standard InChI is InChI=1S/C16H19BClF3O3/c1-4-23-15(22)11(5-9(2)3)10-6-12(17)14(13(18)7-10)24-8-16(19,20)21/h6-7,9,11H,4-5,8H2,1-3H3. The predicted molar refractivity (Wildman–Crippen MR) is 87.2 cm³/mol. The zero-order valence-electron chi connectivity index (χ0n) is 13.7. The number of alkyl halides is 3. The molecule has 24 heavy (non-hydrogen) atoms. The highest BCUT2D eigenvalue weighted by molar-refractivity contribution is 6.39. The average Bonchev–Trinajstić information content (AvgIpc) is 2.42. The van der Waals surface area contributed by atoms with Crippen molar-refractivity contribution in [2.24, 2.45) is 5.92 Å². The van der Waals surface area contributed by atoms with Gasteiger partial charge >= 0.3 is 12.1 Å². The first kappa shape index (κ1) is 20.7. The molecule has 1 rings (SSSR count). The van der Waals surface area contributed by atoms with Crippen molar-refractivity contribution in [1.29, 1.82) is 0 Å². The summed E-state index contributed by atoms with van der Waals surface area (Å²) in [5.74, 6) is -1.07. The van der Waals surface area contributed by atoms with Crippen LogP contribution in [0.5, 0.6) is 5.75 Å². The Balaban J connectivity index is 3.12. The number of hydrogen-bond donors (Lipinski definition) is 0. The smallest absolute Gasteiger partial charge is 0.422 e. The number of carbonyl (C=O) groups excluding carboxylic acids is 1. The monoisotopic (exact) mass is 362 g/mol. The molecule has 3 nitrogen and oxygen atoms in total. The molecule has 0 aromatic heterocycles. The number of rotatable bonds is 7. The summed E-state index contributed by atoms with van der Waals surface area (Å²) in [5, 5.41) is -0.0766. The maximum Gasteiger partial charge on any atom is 0.422 e. The molecule has 0 saturated carbocycles. The van der Waals surface area contributed by atoms with E-state index in [1.165, 1.54) is 12.1 Å². The molecule has 0 aliphatic rings. The number of carbonyl (C=O) groups is 1. The number of hydrogen-bond acceptors (Lipinski definition) is 3. The van der Waals surface area contributed by atoms with Crippen LogP contribution in [0.25, 0.3) is 0 Å². The summed E-state index contributed by atoms with van der Waals surface area (Å²) in [6, 6.07) is 2.80. The first-order valence-electron chi connectivity index (χ1n) is 7.50. The zero-order valence-corrected chi connectivity index (χ0v) is 14.5. The van der Waals surface area contributed by atoms with Gasteiger partial charge in [-0.2, -0.15) is 13.2 Å². The Morgan fingerprint density at radius 3 is 2.42 bits per heavy atom. The predicted octanol–water partition coefficient (Wildman–Crippen LogP) is 3.77. The van der Waals surface area contributed by atoms with Gasteiger partial charge in [-0.05, 0) is 30.9 Å². The van der Waals surface area contributed by atoms with E-state index in [2.05, 4.69) is 4.74 Å². The van der Waals surface area contributed by atoms with Crippen molar-refractivity contribution >= 4 is 30.9 Å². The molecule has 1 aromatic carbocycles. The largest absolute Gasteiger partial charge is 0.483 e. The van der Waals surface area contributed by atoms with Crippen molar-refractivity contribution in [3.63, 3.8) is 0 Å². The first-order valence-corrected chi connectivity index (χ1v) is 7.88. The summed E-state index contributed by atoms with van der Waals surface area (Å²) in [7, 11) is 5.77. The summed E-state index contributed by atoms with van der Waals surface area (Å²) in [5.41, 5.74) is 0.434. The van der Waals surface area contributed by atoms with E-state index in [4.69, 9.17) is 24.2 Å². The molecular formula is C16H19BClF3O3. The molecule has 0 N–H and O–H groups in total. The van der Waals surface area contributed by atoms with E-state index in [1.54, 1.807) is 6.92 Å². The maximum absolute atomic E-state index is 12.3. The van der Waals surface area contributed by atoms with Crippen molar-refractivity contribution < 1.29 is 27.4 Å². The molecule has 0 heterocycles. The van der Waals surface area contributed by atoms with E-state index in [0.29, 0.717) is 12.0 Å². The Labute approximate surface area is 145 Å². The van der Waals surface area contributed by atoms with Gasteiger partial charge in [-0.3, -0.25) is 4.79 Å². The number of benzene rings is 1. The molecule has 0 bridgehead atoms. The SMILES string of the molecule is [B]c1cc(C(CC(C)C)C(=O)OCC)cc(Cl)c1OCC(F)(F)F. The van der Waals surface area contributed by atoms with Gasteiger partial charge in [-0.1, -0.05) is 37.0 Å². The van der Waals surface area contributed by atoms with E-state index in [0.717, 1.165) is 0 Å². The van der Waals surface area contributed by atoms with Gasteiger partial charge < -0.3 is 9.47 Å². The van der Waals surface area contributed by atoms with Crippen molar-refractivity contribution in [3.05, 3.63) is 22.7 Å². The quantitative estimate of drug-likeness (QED) is 0.547. The van der Waals surface area contributed by atoms with Gasteiger partial charge in [0, 0.05) is 0 Å². The fraction of sp³-hybridized carbons (Fsp3) is 0.562. The molecule has 0 aliphatic carbocycles. The molecule has 1 atom stereocenters. The highest BCUT2D eigenvalue weighted by Gasteiger charge is 2.30.